The van der Waals surface area contributed by atoms with Gasteiger partial charge in [0.05, 0.1) is 22.8 Å². The fourth-order valence-electron chi connectivity index (χ4n) is 5.15. The van der Waals surface area contributed by atoms with Crippen LogP contribution in [0.15, 0.2) is 36.4 Å². The van der Waals surface area contributed by atoms with E-state index in [1.165, 1.54) is 6.07 Å². The monoisotopic (exact) mass is 566 g/mol. The van der Waals surface area contributed by atoms with Gasteiger partial charge in [-0.3, -0.25) is 4.90 Å². The Morgan fingerprint density at radius 2 is 1.86 bits per heavy atom. The molecular weight excluding hydrogens is 538 g/mol. The molecular formula is C26H30Cl3FN6O. The fraction of sp³-hybridized carbons (Fsp3) is 0.423. The van der Waals surface area contributed by atoms with Crippen molar-refractivity contribution in [1.29, 1.82) is 5.26 Å². The molecule has 5 rings (SSSR count). The second-order valence-corrected chi connectivity index (χ2v) is 9.81. The number of hydrogen-bond acceptors (Lipinski definition) is 7. The Balaban J connectivity index is 0.00000190. The molecule has 1 unspecified atom stereocenters. The molecule has 11 heteroatoms. The summed E-state index contributed by atoms with van der Waals surface area (Å²) in [6, 6.07) is 12.3. The van der Waals surface area contributed by atoms with Gasteiger partial charge in [0.1, 0.15) is 11.6 Å². The number of fused-ring (bicyclic) bond motifs is 1. The number of halogens is 4. The molecule has 2 aliphatic rings. The number of anilines is 3. The molecule has 2 saturated heterocycles. The molecule has 3 aromatic rings. The van der Waals surface area contributed by atoms with E-state index in [1.807, 2.05) is 0 Å². The third-order valence-corrected chi connectivity index (χ3v) is 7.31. The number of nitriles is 1. The summed E-state index contributed by atoms with van der Waals surface area (Å²) in [4.78, 5) is 14.2. The van der Waals surface area contributed by atoms with Crippen molar-refractivity contribution in [3.05, 3.63) is 52.8 Å². The lowest BCUT2D eigenvalue weighted by molar-refractivity contribution is 0.0776. The molecule has 7 nitrogen and oxygen atoms in total. The van der Waals surface area contributed by atoms with Gasteiger partial charge < -0.3 is 15.3 Å². The van der Waals surface area contributed by atoms with Crippen LogP contribution in [0.3, 0.4) is 0 Å². The molecule has 0 saturated carbocycles. The van der Waals surface area contributed by atoms with Gasteiger partial charge in [-0.15, -0.1) is 24.8 Å². The highest BCUT2D eigenvalue weighted by Crippen LogP contribution is 2.31. The van der Waals surface area contributed by atoms with Crippen molar-refractivity contribution in [1.82, 2.24) is 14.9 Å². The zero-order valence-corrected chi connectivity index (χ0v) is 22.6. The molecule has 1 aromatic heterocycles. The molecule has 0 radical (unpaired) electrons. The van der Waals surface area contributed by atoms with Crippen molar-refractivity contribution >= 4 is 64.8 Å². The largest absolute Gasteiger partial charge is 0.396 e. The van der Waals surface area contributed by atoms with Gasteiger partial charge in [0.15, 0.2) is 0 Å². The van der Waals surface area contributed by atoms with Gasteiger partial charge in [-0.05, 0) is 74.5 Å². The lowest BCUT2D eigenvalue weighted by Crippen LogP contribution is -2.49. The number of aliphatic hydroxyl groups excluding tert-OH is 1. The van der Waals surface area contributed by atoms with Gasteiger partial charge in [-0.2, -0.15) is 10.2 Å². The number of rotatable bonds is 5. The first-order valence-corrected chi connectivity index (χ1v) is 12.5. The molecule has 1 atom stereocenters. The third kappa shape index (κ3) is 6.54. The van der Waals surface area contributed by atoms with E-state index in [4.69, 9.17) is 21.6 Å². The number of nitrogens with one attached hydrogen (secondary N) is 1. The highest BCUT2D eigenvalue weighted by Gasteiger charge is 2.29. The second kappa shape index (κ2) is 12.9. The molecule has 0 aliphatic carbocycles. The Kier molecular flexibility index (Phi) is 10.2. The van der Waals surface area contributed by atoms with Gasteiger partial charge in [0, 0.05) is 42.7 Å². The van der Waals surface area contributed by atoms with Crippen molar-refractivity contribution in [3.8, 4) is 6.07 Å². The highest BCUT2D eigenvalue weighted by molar-refractivity contribution is 6.30. The Bertz CT molecular complexity index is 1270. The summed E-state index contributed by atoms with van der Waals surface area (Å²) in [5.41, 5.74) is 1.41. The quantitative estimate of drug-likeness (QED) is 0.418. The van der Waals surface area contributed by atoms with E-state index in [-0.39, 0.29) is 37.1 Å². The average Bonchev–Trinajstić information content (AvgIpc) is 2.90. The van der Waals surface area contributed by atoms with Crippen LogP contribution in [0.25, 0.3) is 10.9 Å². The smallest absolute Gasteiger partial charge is 0.227 e. The van der Waals surface area contributed by atoms with Crippen LogP contribution in [0.5, 0.6) is 0 Å². The molecule has 0 bridgehead atoms. The van der Waals surface area contributed by atoms with Crippen LogP contribution < -0.4 is 10.2 Å². The Morgan fingerprint density at radius 3 is 2.57 bits per heavy atom. The minimum absolute atomic E-state index is 0. The van der Waals surface area contributed by atoms with E-state index in [9.17, 15) is 14.8 Å². The van der Waals surface area contributed by atoms with Gasteiger partial charge >= 0.3 is 0 Å². The van der Waals surface area contributed by atoms with Crippen molar-refractivity contribution in [3.63, 3.8) is 0 Å². The zero-order chi connectivity index (χ0) is 24.4. The average molecular weight is 568 g/mol. The van der Waals surface area contributed by atoms with Crippen molar-refractivity contribution < 1.29 is 9.50 Å². The summed E-state index contributed by atoms with van der Waals surface area (Å²) in [6.45, 7) is 3.93. The number of aliphatic hydroxyl groups is 1. The Hall–Kier alpha value is -2.41. The van der Waals surface area contributed by atoms with Crippen LogP contribution in [-0.2, 0) is 0 Å². The van der Waals surface area contributed by atoms with E-state index in [0.29, 0.717) is 45.2 Å². The molecule has 2 fully saturated rings. The van der Waals surface area contributed by atoms with Crippen LogP contribution >= 0.6 is 36.4 Å². The van der Waals surface area contributed by atoms with Crippen molar-refractivity contribution in [2.75, 3.05) is 43.0 Å². The number of hydrogen-bond donors (Lipinski definition) is 2. The summed E-state index contributed by atoms with van der Waals surface area (Å²) >= 11 is 5.91. The molecule has 3 heterocycles. The minimum Gasteiger partial charge on any atom is -0.396 e. The minimum atomic E-state index is -0.469. The Morgan fingerprint density at radius 1 is 1.08 bits per heavy atom. The first-order chi connectivity index (χ1) is 17.0. The first kappa shape index (κ1) is 29.2. The normalized spacial score (nSPS) is 18.5. The van der Waals surface area contributed by atoms with Gasteiger partial charge in [0.25, 0.3) is 0 Å². The molecule has 198 valence electrons. The maximum Gasteiger partial charge on any atom is 0.227 e. The maximum absolute atomic E-state index is 14.5. The zero-order valence-electron chi connectivity index (χ0n) is 20.2. The van der Waals surface area contributed by atoms with Gasteiger partial charge in [-0.1, -0.05) is 11.6 Å². The van der Waals surface area contributed by atoms with Crippen LogP contribution in [0.1, 0.15) is 31.2 Å². The number of likely N-dealkylation sites (tertiary alicyclic amines) is 1. The van der Waals surface area contributed by atoms with Crippen LogP contribution in [0.4, 0.5) is 21.8 Å². The summed E-state index contributed by atoms with van der Waals surface area (Å²) in [7, 11) is 0. The SMILES string of the molecule is Cl.Cl.N#Cc1ccc2c(Nc3ccc(Cl)cc3F)nc(N3CCC(N4CCCC(CO)C4)CC3)nc2c1. The molecule has 37 heavy (non-hydrogen) atoms. The van der Waals surface area contributed by atoms with E-state index in [0.717, 1.165) is 51.9 Å². The summed E-state index contributed by atoms with van der Waals surface area (Å²) in [5, 5.41) is 23.1. The highest BCUT2D eigenvalue weighted by atomic mass is 35.5. The first-order valence-electron chi connectivity index (χ1n) is 12.1. The molecule has 2 N–H and O–H groups in total. The lowest BCUT2D eigenvalue weighted by Gasteiger charge is -2.42. The van der Waals surface area contributed by atoms with E-state index >= 15 is 0 Å². The van der Waals surface area contributed by atoms with Gasteiger partial charge in [-0.25, -0.2) is 9.37 Å². The topological polar surface area (TPSA) is 88.3 Å². The predicted molar refractivity (Wildman–Crippen MR) is 150 cm³/mol. The standard InChI is InChI=1S/C26H28ClFN6O.2ClH/c27-19-4-6-23(22(28)13-19)30-25-21-5-3-17(14-29)12-24(21)31-26(32-25)33-10-7-20(8-11-33)34-9-1-2-18(15-34)16-35;;/h3-6,12-13,18,20,35H,1-2,7-11,15-16H2,(H,30,31,32);2*1H. The van der Waals surface area contributed by atoms with E-state index in [1.54, 1.807) is 30.3 Å². The predicted octanol–water partition coefficient (Wildman–Crippen LogP) is 5.55. The molecule has 0 spiro atoms. The van der Waals surface area contributed by atoms with E-state index in [2.05, 4.69) is 21.2 Å². The molecule has 2 aromatic carbocycles. The number of aromatic nitrogens is 2. The lowest BCUT2D eigenvalue weighted by atomic mass is 9.94. The number of piperidine rings is 2. The molecule has 0 amide bonds. The second-order valence-electron chi connectivity index (χ2n) is 9.37. The Labute approximate surface area is 233 Å². The van der Waals surface area contributed by atoms with E-state index < -0.39 is 5.82 Å². The molecule has 2 aliphatic heterocycles. The number of benzene rings is 2. The fourth-order valence-corrected chi connectivity index (χ4v) is 5.31. The van der Waals surface area contributed by atoms with Crippen LogP contribution in [-0.4, -0.2) is 58.8 Å². The maximum atomic E-state index is 14.5. The summed E-state index contributed by atoms with van der Waals surface area (Å²) in [6.07, 6.45) is 4.22. The summed E-state index contributed by atoms with van der Waals surface area (Å²) < 4.78 is 14.5. The van der Waals surface area contributed by atoms with Crippen LogP contribution in [0, 0.1) is 23.1 Å². The number of nitrogens with zero attached hydrogens (tertiary/aromatic N) is 5. The van der Waals surface area contributed by atoms with Gasteiger partial charge in [0.2, 0.25) is 5.95 Å². The van der Waals surface area contributed by atoms with Crippen LogP contribution in [0.2, 0.25) is 5.02 Å². The van der Waals surface area contributed by atoms with Crippen molar-refractivity contribution in [2.24, 2.45) is 5.92 Å². The third-order valence-electron chi connectivity index (χ3n) is 7.07. The summed E-state index contributed by atoms with van der Waals surface area (Å²) in [5.74, 6) is 0.958. The van der Waals surface area contributed by atoms with Crippen molar-refractivity contribution in [2.45, 2.75) is 31.7 Å².